The average molecular weight is 189 g/mol. The minimum atomic E-state index is -0.216. The highest BCUT2D eigenvalue weighted by atomic mass is 16.3. The van der Waals surface area contributed by atoms with E-state index in [1.165, 1.54) is 0 Å². The number of fused-ring (bicyclic) bond motifs is 1. The number of aliphatic hydroxyl groups is 1. The summed E-state index contributed by atoms with van der Waals surface area (Å²) in [4.78, 5) is 14.9. The monoisotopic (exact) mass is 189 g/mol. The van der Waals surface area contributed by atoms with Gasteiger partial charge in [0.1, 0.15) is 0 Å². The molecule has 1 heterocycles. The number of nitrogens with one attached hydrogen (secondary N) is 1. The maximum absolute atomic E-state index is 11.8. The molecule has 1 aromatic carbocycles. The van der Waals surface area contributed by atoms with Crippen LogP contribution in [0.15, 0.2) is 29.1 Å². The van der Waals surface area contributed by atoms with Gasteiger partial charge in [-0.15, -0.1) is 0 Å². The predicted molar refractivity (Wildman–Crippen MR) is 55.2 cm³/mol. The van der Waals surface area contributed by atoms with Crippen LogP contribution in [0.1, 0.15) is 11.3 Å². The number of aryl methyl sites for hydroxylation is 1. The van der Waals surface area contributed by atoms with Crippen molar-refractivity contribution in [2.75, 3.05) is 0 Å². The number of para-hydroxylation sites is 1. The van der Waals surface area contributed by atoms with Gasteiger partial charge < -0.3 is 10.1 Å². The SMILES string of the molecule is Cc1[nH]c2ccccc2c(=O)c1CO. The van der Waals surface area contributed by atoms with E-state index >= 15 is 0 Å². The number of benzene rings is 1. The number of aromatic nitrogens is 1. The first kappa shape index (κ1) is 8.97. The van der Waals surface area contributed by atoms with E-state index in [1.54, 1.807) is 13.0 Å². The van der Waals surface area contributed by atoms with E-state index in [-0.39, 0.29) is 12.0 Å². The summed E-state index contributed by atoms with van der Waals surface area (Å²) >= 11 is 0. The molecule has 72 valence electrons. The van der Waals surface area contributed by atoms with Gasteiger partial charge in [0.25, 0.3) is 0 Å². The van der Waals surface area contributed by atoms with Gasteiger partial charge >= 0.3 is 0 Å². The maximum atomic E-state index is 11.8. The topological polar surface area (TPSA) is 53.1 Å². The van der Waals surface area contributed by atoms with Crippen molar-refractivity contribution >= 4 is 10.9 Å². The van der Waals surface area contributed by atoms with Crippen LogP contribution in [0.4, 0.5) is 0 Å². The molecule has 1 aromatic heterocycles. The van der Waals surface area contributed by atoms with Gasteiger partial charge in [-0.2, -0.15) is 0 Å². The zero-order chi connectivity index (χ0) is 10.1. The van der Waals surface area contributed by atoms with E-state index in [1.807, 2.05) is 18.2 Å². The third-order valence-corrected chi connectivity index (χ3v) is 2.38. The summed E-state index contributed by atoms with van der Waals surface area (Å²) in [7, 11) is 0. The highest BCUT2D eigenvalue weighted by molar-refractivity contribution is 5.79. The summed E-state index contributed by atoms with van der Waals surface area (Å²) in [6.07, 6.45) is 0. The Morgan fingerprint density at radius 1 is 1.36 bits per heavy atom. The highest BCUT2D eigenvalue weighted by Gasteiger charge is 2.06. The van der Waals surface area contributed by atoms with Gasteiger partial charge in [-0.1, -0.05) is 12.1 Å². The van der Waals surface area contributed by atoms with Crippen LogP contribution in [0, 0.1) is 6.92 Å². The average Bonchev–Trinajstić information content (AvgIpc) is 2.18. The van der Waals surface area contributed by atoms with Crippen molar-refractivity contribution in [3.05, 3.63) is 45.7 Å². The molecular weight excluding hydrogens is 178 g/mol. The maximum Gasteiger partial charge on any atom is 0.195 e. The summed E-state index contributed by atoms with van der Waals surface area (Å²) in [6, 6.07) is 7.29. The molecule has 0 aliphatic heterocycles. The minimum absolute atomic E-state index is 0.0839. The molecule has 0 spiro atoms. The van der Waals surface area contributed by atoms with Gasteiger partial charge in [0.15, 0.2) is 5.43 Å². The molecule has 0 saturated heterocycles. The van der Waals surface area contributed by atoms with Crippen molar-refractivity contribution < 1.29 is 5.11 Å². The minimum Gasteiger partial charge on any atom is -0.391 e. The lowest BCUT2D eigenvalue weighted by atomic mass is 10.1. The molecule has 0 aliphatic rings. The Hall–Kier alpha value is -1.61. The van der Waals surface area contributed by atoms with Gasteiger partial charge in [-0.3, -0.25) is 4.79 Å². The van der Waals surface area contributed by atoms with Crippen LogP contribution in [-0.2, 0) is 6.61 Å². The van der Waals surface area contributed by atoms with E-state index in [4.69, 9.17) is 5.11 Å². The molecule has 3 heteroatoms. The number of H-pyrrole nitrogens is 1. The first-order chi connectivity index (χ1) is 6.74. The molecular formula is C11H11NO2. The van der Waals surface area contributed by atoms with Gasteiger partial charge in [0.05, 0.1) is 6.61 Å². The molecule has 0 fully saturated rings. The summed E-state index contributed by atoms with van der Waals surface area (Å²) in [5.74, 6) is 0. The van der Waals surface area contributed by atoms with Crippen LogP contribution in [-0.4, -0.2) is 10.1 Å². The standard InChI is InChI=1S/C11H11NO2/c1-7-9(6-13)11(14)8-4-2-3-5-10(8)12-7/h2-5,13H,6H2,1H3,(H,12,14). The van der Waals surface area contributed by atoms with Crippen molar-refractivity contribution in [1.29, 1.82) is 0 Å². The number of aliphatic hydroxyl groups excluding tert-OH is 1. The molecule has 2 rings (SSSR count). The largest absolute Gasteiger partial charge is 0.391 e. The Morgan fingerprint density at radius 3 is 2.79 bits per heavy atom. The molecule has 0 atom stereocenters. The van der Waals surface area contributed by atoms with Gasteiger partial charge in [-0.25, -0.2) is 0 Å². The Morgan fingerprint density at radius 2 is 2.07 bits per heavy atom. The third-order valence-electron chi connectivity index (χ3n) is 2.38. The summed E-state index contributed by atoms with van der Waals surface area (Å²) in [6.45, 7) is 1.57. The molecule has 2 aromatic rings. The fourth-order valence-corrected chi connectivity index (χ4v) is 1.59. The van der Waals surface area contributed by atoms with Crippen LogP contribution >= 0.6 is 0 Å². The molecule has 0 aliphatic carbocycles. The van der Waals surface area contributed by atoms with Crippen molar-refractivity contribution in [3.8, 4) is 0 Å². The van der Waals surface area contributed by atoms with Crippen LogP contribution in [0.5, 0.6) is 0 Å². The second kappa shape index (κ2) is 3.27. The summed E-state index contributed by atoms with van der Waals surface area (Å²) in [5.41, 5.74) is 1.91. The van der Waals surface area contributed by atoms with Crippen molar-refractivity contribution in [3.63, 3.8) is 0 Å². The predicted octanol–water partition coefficient (Wildman–Crippen LogP) is 1.33. The zero-order valence-electron chi connectivity index (χ0n) is 7.87. The number of aromatic amines is 1. The molecule has 0 radical (unpaired) electrons. The van der Waals surface area contributed by atoms with Crippen LogP contribution < -0.4 is 5.43 Å². The van der Waals surface area contributed by atoms with Gasteiger partial charge in [0, 0.05) is 22.2 Å². The molecule has 3 nitrogen and oxygen atoms in total. The highest BCUT2D eigenvalue weighted by Crippen LogP contribution is 2.10. The molecule has 0 saturated carbocycles. The van der Waals surface area contributed by atoms with Crippen LogP contribution in [0.3, 0.4) is 0 Å². The van der Waals surface area contributed by atoms with E-state index in [0.717, 1.165) is 11.2 Å². The number of hydrogen-bond donors (Lipinski definition) is 2. The Balaban J connectivity index is 2.93. The molecule has 0 unspecified atom stereocenters. The van der Waals surface area contributed by atoms with Crippen LogP contribution in [0.2, 0.25) is 0 Å². The Kier molecular flexibility index (Phi) is 2.09. The second-order valence-corrected chi connectivity index (χ2v) is 3.26. The van der Waals surface area contributed by atoms with Crippen molar-refractivity contribution in [2.45, 2.75) is 13.5 Å². The van der Waals surface area contributed by atoms with Crippen molar-refractivity contribution in [2.24, 2.45) is 0 Å². The van der Waals surface area contributed by atoms with E-state index < -0.39 is 0 Å². The van der Waals surface area contributed by atoms with E-state index in [9.17, 15) is 4.79 Å². The van der Waals surface area contributed by atoms with E-state index in [2.05, 4.69) is 4.98 Å². The Bertz CT molecular complexity index is 528. The van der Waals surface area contributed by atoms with Crippen molar-refractivity contribution in [1.82, 2.24) is 4.98 Å². The lowest BCUT2D eigenvalue weighted by Gasteiger charge is -2.04. The zero-order valence-corrected chi connectivity index (χ0v) is 7.87. The fraction of sp³-hybridized carbons (Fsp3) is 0.182. The first-order valence-electron chi connectivity index (χ1n) is 4.45. The number of pyridine rings is 1. The van der Waals surface area contributed by atoms with Gasteiger partial charge in [-0.05, 0) is 19.1 Å². The first-order valence-corrected chi connectivity index (χ1v) is 4.45. The lowest BCUT2D eigenvalue weighted by Crippen LogP contribution is -2.12. The van der Waals surface area contributed by atoms with E-state index in [0.29, 0.717) is 10.9 Å². The number of rotatable bonds is 1. The summed E-state index contributed by atoms with van der Waals surface area (Å²) < 4.78 is 0. The lowest BCUT2D eigenvalue weighted by molar-refractivity contribution is 0.279. The fourth-order valence-electron chi connectivity index (χ4n) is 1.59. The second-order valence-electron chi connectivity index (χ2n) is 3.26. The molecule has 2 N–H and O–H groups in total. The number of hydrogen-bond acceptors (Lipinski definition) is 2. The molecule has 14 heavy (non-hydrogen) atoms. The molecule has 0 amide bonds. The molecule has 0 bridgehead atoms. The smallest absolute Gasteiger partial charge is 0.195 e. The normalized spacial score (nSPS) is 10.7. The summed E-state index contributed by atoms with van der Waals surface area (Å²) in [5, 5.41) is 9.67. The van der Waals surface area contributed by atoms with Gasteiger partial charge in [0.2, 0.25) is 0 Å². The Labute approximate surface area is 81.0 Å². The quantitative estimate of drug-likeness (QED) is 0.711. The third kappa shape index (κ3) is 1.22. The van der Waals surface area contributed by atoms with Crippen LogP contribution in [0.25, 0.3) is 10.9 Å².